The Balaban J connectivity index is 1.18. The fourth-order valence-electron chi connectivity index (χ4n) is 6.58. The number of hydrogen-bond donors (Lipinski definition) is 0. The number of fused-ring (bicyclic) bond motifs is 11. The number of benzene rings is 6. The van der Waals surface area contributed by atoms with Crippen LogP contribution < -0.4 is 0 Å². The summed E-state index contributed by atoms with van der Waals surface area (Å²) in [7, 11) is 0. The van der Waals surface area contributed by atoms with Gasteiger partial charge in [0.25, 0.3) is 0 Å². The summed E-state index contributed by atoms with van der Waals surface area (Å²) in [5, 5.41) is 3.36. The summed E-state index contributed by atoms with van der Waals surface area (Å²) in [5.41, 5.74) is 7.66. The van der Waals surface area contributed by atoms with Crippen LogP contribution in [-0.2, 0) is 5.75 Å². The van der Waals surface area contributed by atoms with Gasteiger partial charge in [-0.3, -0.25) is 4.57 Å². The maximum Gasteiger partial charge on any atom is 0.174 e. The molecule has 4 nitrogen and oxygen atoms in total. The maximum atomic E-state index is 8.86. The summed E-state index contributed by atoms with van der Waals surface area (Å²) in [6.07, 6.45) is 0. The van der Waals surface area contributed by atoms with E-state index in [2.05, 4.69) is 75.9 Å². The van der Waals surface area contributed by atoms with Gasteiger partial charge in [0.1, 0.15) is 0 Å². The van der Waals surface area contributed by atoms with Crippen LogP contribution in [-0.4, -0.2) is 18.7 Å². The number of hydrogen-bond acceptors (Lipinski definition) is 2. The lowest BCUT2D eigenvalue weighted by molar-refractivity contribution is 0.893. The summed E-state index contributed by atoms with van der Waals surface area (Å²) in [6, 6.07) is 25.7. The van der Waals surface area contributed by atoms with E-state index in [1.54, 1.807) is 16.3 Å². The minimum Gasteiger partial charge on any atom is -0.309 e. The molecule has 1 aliphatic rings. The molecule has 0 unspecified atom stereocenters. The molecule has 0 radical (unpaired) electrons. The van der Waals surface area contributed by atoms with Crippen molar-refractivity contribution in [2.75, 3.05) is 0 Å². The lowest BCUT2D eigenvalue weighted by atomic mass is 10.1. The Morgan fingerprint density at radius 3 is 1.88 bits per heavy atom. The first kappa shape index (κ1) is 17.0. The van der Waals surface area contributed by atoms with Crippen LogP contribution in [0.4, 0.5) is 0 Å². The number of aromatic nitrogens is 4. The second-order valence-electron chi connectivity index (χ2n) is 10.7. The van der Waals surface area contributed by atoms with Crippen LogP contribution in [0.5, 0.6) is 0 Å². The summed E-state index contributed by atoms with van der Waals surface area (Å²) in [4.78, 5) is 5.05. The van der Waals surface area contributed by atoms with E-state index in [0.717, 1.165) is 44.2 Å². The molecule has 10 rings (SSSR count). The smallest absolute Gasteiger partial charge is 0.174 e. The lowest BCUT2D eigenvalue weighted by Crippen LogP contribution is -2.07. The average Bonchev–Trinajstić information content (AvgIpc) is 3.82. The Bertz CT molecular complexity index is 2900. The van der Waals surface area contributed by atoms with Crippen molar-refractivity contribution < 1.29 is 11.0 Å². The highest BCUT2D eigenvalue weighted by molar-refractivity contribution is 7.98. The molecule has 9 aromatic rings. The van der Waals surface area contributed by atoms with E-state index < -0.39 is 24.2 Å². The summed E-state index contributed by atoms with van der Waals surface area (Å²) in [5.74, 6) is 0.583. The van der Waals surface area contributed by atoms with Crippen molar-refractivity contribution in [1.82, 2.24) is 18.7 Å². The zero-order chi connectivity index (χ0) is 35.0. The summed E-state index contributed by atoms with van der Waals surface area (Å²) in [6.45, 7) is 0. The maximum absolute atomic E-state index is 8.86. The quantitative estimate of drug-likeness (QED) is 0.205. The van der Waals surface area contributed by atoms with E-state index in [1.807, 2.05) is 18.2 Å². The van der Waals surface area contributed by atoms with Crippen molar-refractivity contribution in [2.24, 2.45) is 0 Å². The molecule has 4 heterocycles. The molecule has 0 amide bonds. The minimum absolute atomic E-state index is 0.0667. The SMILES string of the molecule is [2H]c1c([2H])c([2H])c2c(c1[2H])c1c([2H])c([2H])c([2H])c([2H])c1n2-c1ccc2c(c1)CSc1nc3cc(-n4c5ccccc5c5ccccc54)ccc3n1-2. The zero-order valence-corrected chi connectivity index (χ0v) is 23.3. The van der Waals surface area contributed by atoms with Crippen LogP contribution in [0.15, 0.2) is 138 Å². The first-order valence-electron chi connectivity index (χ1n) is 17.9. The Labute approximate surface area is 262 Å². The first-order valence-corrected chi connectivity index (χ1v) is 14.9. The molecule has 6 aromatic carbocycles. The van der Waals surface area contributed by atoms with Crippen LogP contribution in [0.1, 0.15) is 16.5 Å². The largest absolute Gasteiger partial charge is 0.309 e. The number of thioether (sulfide) groups is 1. The van der Waals surface area contributed by atoms with Crippen LogP contribution in [0.2, 0.25) is 0 Å². The topological polar surface area (TPSA) is 27.7 Å². The van der Waals surface area contributed by atoms with E-state index in [9.17, 15) is 0 Å². The van der Waals surface area contributed by atoms with Gasteiger partial charge < -0.3 is 9.13 Å². The molecule has 0 atom stereocenters. The minimum atomic E-state index is -0.457. The van der Waals surface area contributed by atoms with Crippen molar-refractivity contribution in [1.29, 1.82) is 0 Å². The van der Waals surface area contributed by atoms with Gasteiger partial charge in [-0.2, -0.15) is 0 Å². The molecule has 0 spiro atoms. The first-order chi connectivity index (χ1) is 24.7. The molecule has 202 valence electrons. The predicted octanol–water partition coefficient (Wildman–Crippen LogP) is 9.83. The fraction of sp³-hybridized carbons (Fsp3) is 0.0263. The van der Waals surface area contributed by atoms with E-state index in [-0.39, 0.29) is 46.0 Å². The molecule has 43 heavy (non-hydrogen) atoms. The summed E-state index contributed by atoms with van der Waals surface area (Å²) >= 11 is 1.59. The average molecular weight is 577 g/mol. The Morgan fingerprint density at radius 2 is 1.16 bits per heavy atom. The van der Waals surface area contributed by atoms with Gasteiger partial charge in [-0.25, -0.2) is 4.98 Å². The predicted molar refractivity (Wildman–Crippen MR) is 179 cm³/mol. The second-order valence-corrected chi connectivity index (χ2v) is 11.6. The molecule has 5 heteroatoms. The molecule has 0 aliphatic carbocycles. The highest BCUT2D eigenvalue weighted by atomic mass is 32.2. The fourth-order valence-corrected chi connectivity index (χ4v) is 7.59. The molecule has 0 saturated carbocycles. The van der Waals surface area contributed by atoms with Gasteiger partial charge in [0, 0.05) is 38.7 Å². The monoisotopic (exact) mass is 576 g/mol. The molecular formula is C38H24N4S. The lowest BCUT2D eigenvalue weighted by Gasteiger charge is -2.20. The van der Waals surface area contributed by atoms with Crippen molar-refractivity contribution in [3.63, 3.8) is 0 Å². The molecular weight excluding hydrogens is 545 g/mol. The zero-order valence-electron chi connectivity index (χ0n) is 30.5. The highest BCUT2D eigenvalue weighted by Crippen LogP contribution is 2.40. The number of para-hydroxylation sites is 4. The molecule has 1 aliphatic heterocycles. The third-order valence-electron chi connectivity index (χ3n) is 8.40. The van der Waals surface area contributed by atoms with E-state index in [1.165, 1.54) is 10.8 Å². The highest BCUT2D eigenvalue weighted by Gasteiger charge is 2.23. The van der Waals surface area contributed by atoms with Crippen molar-refractivity contribution in [3.05, 3.63) is 139 Å². The molecule has 0 saturated heterocycles. The van der Waals surface area contributed by atoms with Crippen LogP contribution in [0.3, 0.4) is 0 Å². The standard InChI is InChI=1S/C38H24N4S/c1-5-13-33-27(9-1)28-10-2-6-14-34(28)40(33)25-17-19-32-24(21-25)23-43-38-39-31-22-26(18-20-37(31)42(32)38)41-35-15-7-3-11-29(35)30-12-4-8-16-36(30)41/h1-22H,23H2/i1D,2D,5D,6D,9D,10D,13D,14D. The number of rotatable bonds is 2. The van der Waals surface area contributed by atoms with Crippen LogP contribution in [0.25, 0.3) is 71.7 Å². The third-order valence-corrected chi connectivity index (χ3v) is 9.38. The normalized spacial score (nSPS) is 15.5. The molecule has 0 N–H and O–H groups in total. The van der Waals surface area contributed by atoms with E-state index in [4.69, 9.17) is 16.0 Å². The second kappa shape index (κ2) is 8.63. The van der Waals surface area contributed by atoms with Gasteiger partial charge in [-0.15, -0.1) is 0 Å². The summed E-state index contributed by atoms with van der Waals surface area (Å²) < 4.78 is 74.7. The van der Waals surface area contributed by atoms with E-state index >= 15 is 0 Å². The van der Waals surface area contributed by atoms with Gasteiger partial charge in [-0.05, 0) is 66.2 Å². The molecule has 0 fully saturated rings. The number of nitrogens with zero attached hydrogens (tertiary/aromatic N) is 4. The Morgan fingerprint density at radius 1 is 0.558 bits per heavy atom. The third kappa shape index (κ3) is 3.20. The Hall–Kier alpha value is -5.26. The van der Waals surface area contributed by atoms with Crippen LogP contribution >= 0.6 is 11.8 Å². The van der Waals surface area contributed by atoms with Crippen molar-refractivity contribution >= 4 is 66.4 Å². The van der Waals surface area contributed by atoms with Gasteiger partial charge in [-0.1, -0.05) is 84.4 Å². The van der Waals surface area contributed by atoms with Gasteiger partial charge >= 0.3 is 0 Å². The van der Waals surface area contributed by atoms with E-state index in [0.29, 0.717) is 11.4 Å². The van der Waals surface area contributed by atoms with Crippen molar-refractivity contribution in [3.8, 4) is 17.1 Å². The molecule has 3 aromatic heterocycles. The van der Waals surface area contributed by atoms with Crippen molar-refractivity contribution in [2.45, 2.75) is 10.9 Å². The van der Waals surface area contributed by atoms with Gasteiger partial charge in [0.2, 0.25) is 0 Å². The molecule has 0 bridgehead atoms. The van der Waals surface area contributed by atoms with Gasteiger partial charge in [0.15, 0.2) is 5.16 Å². The van der Waals surface area contributed by atoms with Crippen LogP contribution in [0, 0.1) is 0 Å². The number of imidazole rings is 1. The van der Waals surface area contributed by atoms with Gasteiger partial charge in [0.05, 0.1) is 49.8 Å². The Kier molecular flexibility index (Phi) is 3.41.